The van der Waals surface area contributed by atoms with Crippen molar-refractivity contribution >= 4 is 0 Å². The number of aromatic amines is 1. The van der Waals surface area contributed by atoms with Crippen LogP contribution in [0.15, 0.2) is 6.33 Å². The minimum atomic E-state index is 0.435. The Kier molecular flexibility index (Phi) is 2.09. The minimum Gasteiger partial charge on any atom is -0.348 e. The molecule has 2 N–H and O–H groups in total. The first-order valence-corrected chi connectivity index (χ1v) is 6.05. The van der Waals surface area contributed by atoms with Crippen molar-refractivity contribution in [1.82, 2.24) is 15.3 Å². The van der Waals surface area contributed by atoms with Crippen LogP contribution in [-0.2, 0) is 6.42 Å². The van der Waals surface area contributed by atoms with Crippen molar-refractivity contribution in [2.24, 2.45) is 5.41 Å². The summed E-state index contributed by atoms with van der Waals surface area (Å²) in [6.07, 6.45) is 8.40. The predicted octanol–water partition coefficient (Wildman–Crippen LogP) is 2.18. The Hall–Kier alpha value is -0.830. The van der Waals surface area contributed by atoms with Gasteiger partial charge in [-0.2, -0.15) is 0 Å². The molecule has 1 aliphatic heterocycles. The van der Waals surface area contributed by atoms with Gasteiger partial charge in [-0.25, -0.2) is 4.98 Å². The van der Waals surface area contributed by atoms with E-state index < -0.39 is 0 Å². The van der Waals surface area contributed by atoms with Crippen molar-refractivity contribution in [2.45, 2.75) is 45.1 Å². The fraction of sp³-hybridized carbons (Fsp3) is 0.750. The Balaban J connectivity index is 1.95. The zero-order valence-electron chi connectivity index (χ0n) is 9.34. The second kappa shape index (κ2) is 3.34. The van der Waals surface area contributed by atoms with Gasteiger partial charge in [0.05, 0.1) is 18.1 Å². The van der Waals surface area contributed by atoms with Crippen LogP contribution in [0.4, 0.5) is 0 Å². The first kappa shape index (κ1) is 9.40. The molecular formula is C12H19N3. The normalized spacial score (nSPS) is 29.0. The van der Waals surface area contributed by atoms with Gasteiger partial charge in [-0.15, -0.1) is 0 Å². The van der Waals surface area contributed by atoms with Gasteiger partial charge in [0, 0.05) is 18.7 Å². The van der Waals surface area contributed by atoms with E-state index in [9.17, 15) is 0 Å². The second-order valence-electron chi connectivity index (χ2n) is 5.26. The number of imidazole rings is 1. The third-order valence-corrected chi connectivity index (χ3v) is 4.19. The average molecular weight is 205 g/mol. The molecule has 3 nitrogen and oxygen atoms in total. The van der Waals surface area contributed by atoms with E-state index >= 15 is 0 Å². The maximum Gasteiger partial charge on any atom is 0.0925 e. The predicted molar refractivity (Wildman–Crippen MR) is 59.6 cm³/mol. The van der Waals surface area contributed by atoms with Crippen LogP contribution in [0, 0.1) is 5.41 Å². The number of hydrogen-bond acceptors (Lipinski definition) is 2. The molecule has 3 rings (SSSR count). The molecule has 1 saturated carbocycles. The van der Waals surface area contributed by atoms with E-state index in [0.29, 0.717) is 11.5 Å². The van der Waals surface area contributed by atoms with Gasteiger partial charge in [0.15, 0.2) is 0 Å². The van der Waals surface area contributed by atoms with Gasteiger partial charge < -0.3 is 10.3 Å². The number of nitrogens with one attached hydrogen (secondary N) is 2. The number of hydrogen-bond donors (Lipinski definition) is 2. The van der Waals surface area contributed by atoms with E-state index in [1.54, 1.807) is 0 Å². The molecule has 2 aliphatic rings. The number of aromatic nitrogens is 2. The highest BCUT2D eigenvalue weighted by molar-refractivity contribution is 5.22. The van der Waals surface area contributed by atoms with Crippen LogP contribution in [0.2, 0.25) is 0 Å². The SMILES string of the molecule is CC1(C2NCCc3[nH]cnc32)CCCC1. The van der Waals surface area contributed by atoms with Crippen molar-refractivity contribution in [2.75, 3.05) is 6.54 Å². The van der Waals surface area contributed by atoms with E-state index in [1.165, 1.54) is 37.1 Å². The smallest absolute Gasteiger partial charge is 0.0925 e. The molecule has 1 aromatic heterocycles. The van der Waals surface area contributed by atoms with Crippen LogP contribution in [0.3, 0.4) is 0 Å². The summed E-state index contributed by atoms with van der Waals surface area (Å²) in [5.41, 5.74) is 3.07. The topological polar surface area (TPSA) is 40.7 Å². The fourth-order valence-corrected chi connectivity index (χ4v) is 3.27. The third-order valence-electron chi connectivity index (χ3n) is 4.19. The Morgan fingerprint density at radius 2 is 2.20 bits per heavy atom. The van der Waals surface area contributed by atoms with E-state index in [2.05, 4.69) is 22.2 Å². The van der Waals surface area contributed by atoms with E-state index in [-0.39, 0.29) is 0 Å². The standard InChI is InChI=1S/C12H19N3/c1-12(5-2-3-6-12)11-10-9(4-7-13-11)14-8-15-10/h8,11,13H,2-7H2,1H3,(H,14,15). The summed E-state index contributed by atoms with van der Waals surface area (Å²) in [6, 6.07) is 0.481. The maximum absolute atomic E-state index is 4.51. The lowest BCUT2D eigenvalue weighted by molar-refractivity contribution is 0.212. The summed E-state index contributed by atoms with van der Waals surface area (Å²) in [4.78, 5) is 7.79. The molecule has 0 radical (unpaired) electrons. The highest BCUT2D eigenvalue weighted by Gasteiger charge is 2.40. The van der Waals surface area contributed by atoms with E-state index in [0.717, 1.165) is 13.0 Å². The first-order valence-electron chi connectivity index (χ1n) is 6.05. The fourth-order valence-electron chi connectivity index (χ4n) is 3.27. The molecular weight excluding hydrogens is 186 g/mol. The molecule has 1 unspecified atom stereocenters. The van der Waals surface area contributed by atoms with Gasteiger partial charge in [0.1, 0.15) is 0 Å². The molecule has 82 valence electrons. The van der Waals surface area contributed by atoms with E-state index in [1.807, 2.05) is 6.33 Å². The third kappa shape index (κ3) is 1.41. The summed E-state index contributed by atoms with van der Waals surface area (Å²) in [7, 11) is 0. The summed E-state index contributed by atoms with van der Waals surface area (Å²) in [6.45, 7) is 3.51. The average Bonchev–Trinajstić information content (AvgIpc) is 2.85. The van der Waals surface area contributed by atoms with Gasteiger partial charge in [-0.05, 0) is 18.3 Å². The molecule has 0 aromatic carbocycles. The Morgan fingerprint density at radius 3 is 3.00 bits per heavy atom. The van der Waals surface area contributed by atoms with Crippen LogP contribution >= 0.6 is 0 Å². The number of H-pyrrole nitrogens is 1. The van der Waals surface area contributed by atoms with Crippen molar-refractivity contribution in [3.63, 3.8) is 0 Å². The number of rotatable bonds is 1. The molecule has 1 atom stereocenters. The highest BCUT2D eigenvalue weighted by Crippen LogP contribution is 2.47. The lowest BCUT2D eigenvalue weighted by atomic mass is 9.77. The van der Waals surface area contributed by atoms with Gasteiger partial charge in [0.25, 0.3) is 0 Å². The molecule has 3 heteroatoms. The van der Waals surface area contributed by atoms with Crippen molar-refractivity contribution < 1.29 is 0 Å². The van der Waals surface area contributed by atoms with Crippen LogP contribution in [0.5, 0.6) is 0 Å². The number of nitrogens with zero attached hydrogens (tertiary/aromatic N) is 1. The summed E-state index contributed by atoms with van der Waals surface area (Å²) >= 11 is 0. The maximum atomic E-state index is 4.51. The molecule has 2 heterocycles. The summed E-state index contributed by atoms with van der Waals surface area (Å²) in [5.74, 6) is 0. The quantitative estimate of drug-likeness (QED) is 0.737. The van der Waals surface area contributed by atoms with Gasteiger partial charge >= 0.3 is 0 Å². The van der Waals surface area contributed by atoms with Gasteiger partial charge in [-0.3, -0.25) is 0 Å². The second-order valence-corrected chi connectivity index (χ2v) is 5.26. The van der Waals surface area contributed by atoms with Crippen LogP contribution in [0.1, 0.15) is 50.0 Å². The van der Waals surface area contributed by atoms with E-state index in [4.69, 9.17) is 0 Å². The summed E-state index contributed by atoms with van der Waals surface area (Å²) < 4.78 is 0. The zero-order valence-corrected chi connectivity index (χ0v) is 9.34. The van der Waals surface area contributed by atoms with Crippen molar-refractivity contribution in [3.8, 4) is 0 Å². The molecule has 1 aromatic rings. The zero-order chi connectivity index (χ0) is 10.3. The minimum absolute atomic E-state index is 0.435. The Morgan fingerprint density at radius 1 is 1.40 bits per heavy atom. The van der Waals surface area contributed by atoms with Crippen molar-refractivity contribution in [3.05, 3.63) is 17.7 Å². The Bertz CT molecular complexity index is 350. The monoisotopic (exact) mass is 205 g/mol. The highest BCUT2D eigenvalue weighted by atomic mass is 15.0. The molecule has 15 heavy (non-hydrogen) atoms. The molecule has 1 fully saturated rings. The lowest BCUT2D eigenvalue weighted by Gasteiger charge is -2.36. The molecule has 0 saturated heterocycles. The Labute approximate surface area is 90.7 Å². The van der Waals surface area contributed by atoms with Gasteiger partial charge in [0.2, 0.25) is 0 Å². The van der Waals surface area contributed by atoms with Gasteiger partial charge in [-0.1, -0.05) is 19.8 Å². The molecule has 1 aliphatic carbocycles. The lowest BCUT2D eigenvalue weighted by Crippen LogP contribution is -2.39. The molecule has 0 amide bonds. The van der Waals surface area contributed by atoms with Crippen LogP contribution < -0.4 is 5.32 Å². The van der Waals surface area contributed by atoms with Crippen LogP contribution in [0.25, 0.3) is 0 Å². The largest absolute Gasteiger partial charge is 0.348 e. The van der Waals surface area contributed by atoms with Crippen molar-refractivity contribution in [1.29, 1.82) is 0 Å². The summed E-state index contributed by atoms with van der Waals surface area (Å²) in [5, 5.41) is 3.66. The number of fused-ring (bicyclic) bond motifs is 1. The first-order chi connectivity index (χ1) is 7.30. The molecule has 0 spiro atoms. The molecule has 0 bridgehead atoms. The van der Waals surface area contributed by atoms with Crippen LogP contribution in [-0.4, -0.2) is 16.5 Å².